The second-order valence-electron chi connectivity index (χ2n) is 4.80. The van der Waals surface area contributed by atoms with E-state index in [1.54, 1.807) is 6.07 Å². The van der Waals surface area contributed by atoms with Gasteiger partial charge in [0.25, 0.3) is 5.91 Å². The van der Waals surface area contributed by atoms with Crippen LogP contribution in [0.1, 0.15) is 21.5 Å². The Labute approximate surface area is 143 Å². The van der Waals surface area contributed by atoms with E-state index < -0.39 is 34.0 Å². The van der Waals surface area contributed by atoms with Gasteiger partial charge < -0.3 is 10.1 Å². The standard InChI is InChI=1S/C13H19N3O6S2/c1-8(11(17)16-13(19)14-2)22-12(18)10-5-4-9(23-10)6-7-15-24(3,20)21/h4-5,8,15H,6-7H2,1-3H3,(H2,14,16,17,19). The first-order valence-electron chi connectivity index (χ1n) is 6.89. The molecule has 9 nitrogen and oxygen atoms in total. The van der Waals surface area contributed by atoms with Crippen molar-refractivity contribution in [2.45, 2.75) is 19.4 Å². The Morgan fingerprint density at radius 3 is 2.54 bits per heavy atom. The molecule has 0 spiro atoms. The van der Waals surface area contributed by atoms with E-state index >= 15 is 0 Å². The zero-order chi connectivity index (χ0) is 18.3. The molecule has 1 aromatic rings. The zero-order valence-corrected chi connectivity index (χ0v) is 15.0. The molecule has 0 aliphatic rings. The first-order chi connectivity index (χ1) is 11.1. The van der Waals surface area contributed by atoms with Crippen LogP contribution in [-0.2, 0) is 26.0 Å². The number of thiophene rings is 1. The zero-order valence-electron chi connectivity index (χ0n) is 13.4. The van der Waals surface area contributed by atoms with Gasteiger partial charge in [-0.05, 0) is 25.5 Å². The highest BCUT2D eigenvalue weighted by Crippen LogP contribution is 2.18. The number of urea groups is 1. The van der Waals surface area contributed by atoms with Crippen LogP contribution in [-0.4, -0.2) is 52.3 Å². The molecule has 1 heterocycles. The average Bonchev–Trinajstić information content (AvgIpc) is 2.94. The van der Waals surface area contributed by atoms with Gasteiger partial charge in [-0.25, -0.2) is 22.7 Å². The van der Waals surface area contributed by atoms with Gasteiger partial charge in [-0.1, -0.05) is 0 Å². The van der Waals surface area contributed by atoms with E-state index in [1.807, 2.05) is 5.32 Å². The minimum atomic E-state index is -3.26. The Balaban J connectivity index is 2.53. The summed E-state index contributed by atoms with van der Waals surface area (Å²) >= 11 is 1.14. The fourth-order valence-electron chi connectivity index (χ4n) is 1.53. The van der Waals surface area contributed by atoms with Crippen LogP contribution in [0, 0.1) is 0 Å². The molecule has 24 heavy (non-hydrogen) atoms. The molecule has 1 atom stereocenters. The van der Waals surface area contributed by atoms with E-state index in [0.717, 1.165) is 22.5 Å². The Morgan fingerprint density at radius 2 is 1.96 bits per heavy atom. The topological polar surface area (TPSA) is 131 Å². The van der Waals surface area contributed by atoms with Crippen molar-refractivity contribution in [2.24, 2.45) is 0 Å². The van der Waals surface area contributed by atoms with Crippen molar-refractivity contribution in [1.82, 2.24) is 15.4 Å². The fourth-order valence-corrected chi connectivity index (χ4v) is 2.89. The van der Waals surface area contributed by atoms with Crippen molar-refractivity contribution in [1.29, 1.82) is 0 Å². The highest BCUT2D eigenvalue weighted by Gasteiger charge is 2.21. The summed E-state index contributed by atoms with van der Waals surface area (Å²) in [5.41, 5.74) is 0. The van der Waals surface area contributed by atoms with Gasteiger partial charge in [-0.3, -0.25) is 10.1 Å². The molecule has 0 bridgehead atoms. The summed E-state index contributed by atoms with van der Waals surface area (Å²) in [5, 5.41) is 4.22. The Kier molecular flexibility index (Phi) is 7.32. The molecule has 3 amide bonds. The lowest BCUT2D eigenvalue weighted by atomic mass is 10.3. The summed E-state index contributed by atoms with van der Waals surface area (Å²) in [4.78, 5) is 35.7. The quantitative estimate of drug-likeness (QED) is 0.566. The van der Waals surface area contributed by atoms with Crippen LogP contribution in [0.25, 0.3) is 0 Å². The van der Waals surface area contributed by atoms with Crippen LogP contribution >= 0.6 is 11.3 Å². The number of carbonyl (C=O) groups excluding carboxylic acids is 3. The summed E-state index contributed by atoms with van der Waals surface area (Å²) in [5.74, 6) is -1.43. The Bertz CT molecular complexity index is 713. The van der Waals surface area contributed by atoms with Crippen molar-refractivity contribution >= 4 is 39.3 Å². The maximum Gasteiger partial charge on any atom is 0.349 e. The molecule has 0 aliphatic heterocycles. The number of sulfonamides is 1. The third kappa shape index (κ3) is 7.06. The maximum atomic E-state index is 12.0. The minimum Gasteiger partial charge on any atom is -0.448 e. The maximum absolute atomic E-state index is 12.0. The molecule has 0 saturated carbocycles. The van der Waals surface area contributed by atoms with Crippen molar-refractivity contribution < 1.29 is 27.5 Å². The van der Waals surface area contributed by atoms with Crippen LogP contribution in [0.5, 0.6) is 0 Å². The average molecular weight is 377 g/mol. The molecule has 0 radical (unpaired) electrons. The normalized spacial score (nSPS) is 12.3. The van der Waals surface area contributed by atoms with Gasteiger partial charge in [0.15, 0.2) is 6.10 Å². The van der Waals surface area contributed by atoms with Crippen molar-refractivity contribution in [3.8, 4) is 0 Å². The molecular weight excluding hydrogens is 358 g/mol. The van der Waals surface area contributed by atoms with Gasteiger partial charge >= 0.3 is 12.0 Å². The van der Waals surface area contributed by atoms with Crippen LogP contribution in [0.4, 0.5) is 4.79 Å². The number of imide groups is 1. The smallest absolute Gasteiger partial charge is 0.349 e. The van der Waals surface area contributed by atoms with E-state index in [1.165, 1.54) is 20.0 Å². The Hall–Kier alpha value is -1.98. The molecule has 0 fully saturated rings. The van der Waals surface area contributed by atoms with E-state index in [2.05, 4.69) is 10.0 Å². The van der Waals surface area contributed by atoms with E-state index in [-0.39, 0.29) is 11.4 Å². The molecule has 3 N–H and O–H groups in total. The molecule has 1 aromatic heterocycles. The predicted molar refractivity (Wildman–Crippen MR) is 88.3 cm³/mol. The van der Waals surface area contributed by atoms with Crippen molar-refractivity contribution in [2.75, 3.05) is 19.8 Å². The first-order valence-corrected chi connectivity index (χ1v) is 9.60. The minimum absolute atomic E-state index is 0.221. The van der Waals surface area contributed by atoms with E-state index in [0.29, 0.717) is 6.42 Å². The summed E-state index contributed by atoms with van der Waals surface area (Å²) in [6.07, 6.45) is 0.361. The third-order valence-corrected chi connectivity index (χ3v) is 4.57. The molecule has 134 valence electrons. The second kappa shape index (κ2) is 8.76. The van der Waals surface area contributed by atoms with Crippen LogP contribution in [0.2, 0.25) is 0 Å². The largest absolute Gasteiger partial charge is 0.448 e. The van der Waals surface area contributed by atoms with Gasteiger partial charge in [0.2, 0.25) is 10.0 Å². The number of esters is 1. The monoisotopic (exact) mass is 377 g/mol. The number of carbonyl (C=O) groups is 3. The van der Waals surface area contributed by atoms with Gasteiger partial charge in [-0.2, -0.15) is 0 Å². The summed E-state index contributed by atoms with van der Waals surface area (Å²) in [6, 6.07) is 2.52. The predicted octanol–water partition coefficient (Wildman–Crippen LogP) is -0.159. The summed E-state index contributed by atoms with van der Waals surface area (Å²) in [6.45, 7) is 1.57. The lowest BCUT2D eigenvalue weighted by Gasteiger charge is -2.11. The number of hydrogen-bond acceptors (Lipinski definition) is 7. The molecule has 11 heteroatoms. The summed E-state index contributed by atoms with van der Waals surface area (Å²) in [7, 11) is -1.90. The molecule has 0 saturated heterocycles. The molecule has 0 aliphatic carbocycles. The van der Waals surface area contributed by atoms with Crippen LogP contribution < -0.4 is 15.4 Å². The van der Waals surface area contributed by atoms with Gasteiger partial charge in [0, 0.05) is 18.5 Å². The molecule has 1 rings (SSSR count). The number of nitrogens with one attached hydrogen (secondary N) is 3. The molecule has 1 unspecified atom stereocenters. The number of ether oxygens (including phenoxy) is 1. The second-order valence-corrected chi connectivity index (χ2v) is 7.80. The lowest BCUT2D eigenvalue weighted by molar-refractivity contribution is -0.127. The number of hydrogen-bond donors (Lipinski definition) is 3. The number of amides is 3. The van der Waals surface area contributed by atoms with E-state index in [4.69, 9.17) is 4.74 Å². The van der Waals surface area contributed by atoms with Gasteiger partial charge in [-0.15, -0.1) is 11.3 Å². The van der Waals surface area contributed by atoms with Crippen molar-refractivity contribution in [3.63, 3.8) is 0 Å². The Morgan fingerprint density at radius 1 is 1.29 bits per heavy atom. The van der Waals surface area contributed by atoms with Crippen molar-refractivity contribution in [3.05, 3.63) is 21.9 Å². The third-order valence-electron chi connectivity index (χ3n) is 2.72. The molecular formula is C13H19N3O6S2. The molecule has 0 aromatic carbocycles. The lowest BCUT2D eigenvalue weighted by Crippen LogP contribution is -2.43. The number of rotatable bonds is 7. The van der Waals surface area contributed by atoms with Crippen LogP contribution in [0.15, 0.2) is 12.1 Å². The SMILES string of the molecule is CNC(=O)NC(=O)C(C)OC(=O)c1ccc(CCNS(C)(=O)=O)s1. The highest BCUT2D eigenvalue weighted by molar-refractivity contribution is 7.88. The highest BCUT2D eigenvalue weighted by atomic mass is 32.2. The first kappa shape index (κ1) is 20.1. The van der Waals surface area contributed by atoms with Gasteiger partial charge in [0.05, 0.1) is 6.26 Å². The summed E-state index contributed by atoms with van der Waals surface area (Å²) < 4.78 is 29.3. The van der Waals surface area contributed by atoms with Crippen LogP contribution in [0.3, 0.4) is 0 Å². The van der Waals surface area contributed by atoms with Gasteiger partial charge in [0.1, 0.15) is 4.88 Å². The fraction of sp³-hybridized carbons (Fsp3) is 0.462. The van der Waals surface area contributed by atoms with E-state index in [9.17, 15) is 22.8 Å².